The minimum atomic E-state index is -0.386. The van der Waals surface area contributed by atoms with Gasteiger partial charge in [-0.25, -0.2) is 0 Å². The van der Waals surface area contributed by atoms with E-state index in [2.05, 4.69) is 13.8 Å². The van der Waals surface area contributed by atoms with E-state index in [4.69, 9.17) is 0 Å². The zero-order chi connectivity index (χ0) is 17.4. The number of hydrogen-bond acceptors (Lipinski definition) is 3. The number of aliphatic hydroxyl groups excluding tert-OH is 1. The van der Waals surface area contributed by atoms with Gasteiger partial charge in [0.1, 0.15) is 11.3 Å². The molecule has 132 valence electrons. The normalized spacial score (nSPS) is 19.6. The number of rotatable bonds is 11. The first kappa shape index (κ1) is 19.7. The van der Waals surface area contributed by atoms with Crippen molar-refractivity contribution >= 4 is 11.7 Å². The van der Waals surface area contributed by atoms with E-state index >= 15 is 0 Å². The Morgan fingerprint density at radius 2 is 1.78 bits per heavy atom. The highest BCUT2D eigenvalue weighted by Gasteiger charge is 2.37. The van der Waals surface area contributed by atoms with Gasteiger partial charge < -0.3 is 10.0 Å². The Hall–Kier alpha value is -1.32. The van der Waals surface area contributed by atoms with E-state index < -0.39 is 0 Å². The van der Waals surface area contributed by atoms with Crippen molar-refractivity contribution < 1.29 is 14.7 Å². The van der Waals surface area contributed by atoms with Gasteiger partial charge in [-0.3, -0.25) is 9.59 Å². The van der Waals surface area contributed by atoms with Gasteiger partial charge >= 0.3 is 0 Å². The molecule has 4 nitrogen and oxygen atoms in total. The van der Waals surface area contributed by atoms with Crippen molar-refractivity contribution in [3.8, 4) is 0 Å². The van der Waals surface area contributed by atoms with Crippen molar-refractivity contribution in [1.82, 2.24) is 4.90 Å². The number of nitrogens with zero attached hydrogens (tertiary/aromatic N) is 1. The molecule has 1 aliphatic rings. The number of unbranched alkanes of at least 4 members (excludes halogenated alkanes) is 4. The predicted octanol–water partition coefficient (Wildman–Crippen LogP) is 4.40. The van der Waals surface area contributed by atoms with E-state index in [1.807, 2.05) is 0 Å². The maximum atomic E-state index is 12.2. The zero-order valence-electron chi connectivity index (χ0n) is 15.2. The Kier molecular flexibility index (Phi) is 8.35. The fraction of sp³-hybridized carbons (Fsp3) is 0.789. The molecule has 0 radical (unpaired) electrons. The summed E-state index contributed by atoms with van der Waals surface area (Å²) in [4.78, 5) is 25.6. The summed E-state index contributed by atoms with van der Waals surface area (Å²) in [6.07, 6.45) is 9.84. The Morgan fingerprint density at radius 1 is 1.17 bits per heavy atom. The molecule has 0 spiro atoms. The number of aliphatic hydroxyl groups is 1. The molecule has 0 aromatic carbocycles. The van der Waals surface area contributed by atoms with Crippen molar-refractivity contribution in [1.29, 1.82) is 0 Å². The minimum absolute atomic E-state index is 0.00668. The summed E-state index contributed by atoms with van der Waals surface area (Å²) >= 11 is 0. The zero-order valence-corrected chi connectivity index (χ0v) is 15.2. The lowest BCUT2D eigenvalue weighted by Gasteiger charge is -2.14. The van der Waals surface area contributed by atoms with Gasteiger partial charge in [-0.05, 0) is 19.3 Å². The van der Waals surface area contributed by atoms with E-state index in [1.165, 1.54) is 43.4 Å². The molecular weight excluding hydrogens is 290 g/mol. The second kappa shape index (κ2) is 9.74. The molecule has 1 amide bonds. The molecule has 1 N–H and O–H groups in total. The number of amides is 1. The number of hydrogen-bond donors (Lipinski definition) is 1. The van der Waals surface area contributed by atoms with Crippen molar-refractivity contribution in [3.05, 3.63) is 11.3 Å². The van der Waals surface area contributed by atoms with Crippen molar-refractivity contribution in [2.45, 2.75) is 84.6 Å². The van der Waals surface area contributed by atoms with E-state index in [9.17, 15) is 14.7 Å². The average molecular weight is 323 g/mol. The molecule has 0 aromatic rings. The monoisotopic (exact) mass is 323 g/mol. The molecule has 0 fully saturated rings. The van der Waals surface area contributed by atoms with Crippen LogP contribution in [0.5, 0.6) is 0 Å². The molecule has 0 aliphatic carbocycles. The number of Topliss-reactive ketones (excluding diaryl/α,β-unsaturated/α-hetero) is 1. The molecule has 1 aliphatic heterocycles. The Balaban J connectivity index is 2.28. The second-order valence-electron chi connectivity index (χ2n) is 6.98. The second-order valence-corrected chi connectivity index (χ2v) is 6.98. The largest absolute Gasteiger partial charge is 0.509 e. The Morgan fingerprint density at radius 3 is 2.35 bits per heavy atom. The lowest BCUT2D eigenvalue weighted by atomic mass is 9.95. The topological polar surface area (TPSA) is 57.6 Å². The van der Waals surface area contributed by atoms with Gasteiger partial charge in [-0.2, -0.15) is 0 Å². The summed E-state index contributed by atoms with van der Waals surface area (Å²) in [6.45, 7) is 6.19. The van der Waals surface area contributed by atoms with Crippen LogP contribution in [-0.2, 0) is 9.59 Å². The molecule has 1 rings (SSSR count). The molecule has 1 heterocycles. The van der Waals surface area contributed by atoms with Crippen LogP contribution in [0.25, 0.3) is 0 Å². The third-order valence-electron chi connectivity index (χ3n) is 4.95. The van der Waals surface area contributed by atoms with E-state index in [0.717, 1.165) is 12.8 Å². The van der Waals surface area contributed by atoms with E-state index in [1.54, 1.807) is 14.0 Å². The first-order chi connectivity index (χ1) is 10.9. The fourth-order valence-electron chi connectivity index (χ4n) is 3.09. The van der Waals surface area contributed by atoms with Crippen LogP contribution in [0.2, 0.25) is 0 Å². The number of carbonyl (C=O) groups is 2. The highest BCUT2D eigenvalue weighted by atomic mass is 16.3. The lowest BCUT2D eigenvalue weighted by molar-refractivity contribution is -0.128. The SMILES string of the molecule is CCCCCCC[C@H](C)CCCC(=O)C1=C(O)[C@@H](C)N(C)C1=O. The maximum absolute atomic E-state index is 12.2. The average Bonchev–Trinajstić information content (AvgIpc) is 2.71. The van der Waals surface area contributed by atoms with Gasteiger partial charge in [-0.1, -0.05) is 58.8 Å². The molecule has 0 aromatic heterocycles. The maximum Gasteiger partial charge on any atom is 0.261 e. The summed E-state index contributed by atoms with van der Waals surface area (Å²) in [6, 6.07) is -0.386. The summed E-state index contributed by atoms with van der Waals surface area (Å²) < 4.78 is 0. The van der Waals surface area contributed by atoms with Crippen LogP contribution < -0.4 is 0 Å². The van der Waals surface area contributed by atoms with Gasteiger partial charge in [-0.15, -0.1) is 0 Å². The highest BCUT2D eigenvalue weighted by molar-refractivity contribution is 6.21. The molecule has 4 heteroatoms. The van der Waals surface area contributed by atoms with Crippen molar-refractivity contribution in [2.75, 3.05) is 7.05 Å². The number of likely N-dealkylation sites (N-methyl/N-ethyl adjacent to an activating group) is 1. The summed E-state index contributed by atoms with van der Waals surface area (Å²) in [7, 11) is 1.62. The van der Waals surface area contributed by atoms with Gasteiger partial charge in [0.15, 0.2) is 5.78 Å². The third-order valence-corrected chi connectivity index (χ3v) is 4.95. The quantitative estimate of drug-likeness (QED) is 0.453. The third kappa shape index (κ3) is 5.67. The van der Waals surface area contributed by atoms with E-state index in [-0.39, 0.29) is 29.1 Å². The predicted molar refractivity (Wildman–Crippen MR) is 93.3 cm³/mol. The van der Waals surface area contributed by atoms with Crippen LogP contribution in [0.4, 0.5) is 0 Å². The molecule has 0 saturated carbocycles. The van der Waals surface area contributed by atoms with Crippen LogP contribution in [0.15, 0.2) is 11.3 Å². The standard InChI is InChI=1S/C19H33NO3/c1-5-6-7-8-9-11-14(2)12-10-13-16(21)17-18(22)15(3)20(4)19(17)23/h14-15,22H,5-13H2,1-4H3/t14-,15+/m0/s1. The van der Waals surface area contributed by atoms with Crippen LogP contribution >= 0.6 is 0 Å². The van der Waals surface area contributed by atoms with Gasteiger partial charge in [0.05, 0.1) is 6.04 Å². The first-order valence-electron chi connectivity index (χ1n) is 9.13. The molecule has 23 heavy (non-hydrogen) atoms. The number of carbonyl (C=O) groups excluding carboxylic acids is 2. The molecule has 2 atom stereocenters. The summed E-state index contributed by atoms with van der Waals surface area (Å²) in [5.41, 5.74) is 0.00668. The minimum Gasteiger partial charge on any atom is -0.509 e. The Bertz CT molecular complexity index is 442. The van der Waals surface area contributed by atoms with Crippen LogP contribution in [-0.4, -0.2) is 34.8 Å². The van der Waals surface area contributed by atoms with Gasteiger partial charge in [0.2, 0.25) is 0 Å². The smallest absolute Gasteiger partial charge is 0.261 e. The number of ketones is 1. The first-order valence-corrected chi connectivity index (χ1v) is 9.13. The molecule has 0 unspecified atom stereocenters. The lowest BCUT2D eigenvalue weighted by Crippen LogP contribution is -2.30. The van der Waals surface area contributed by atoms with Gasteiger partial charge in [0, 0.05) is 13.5 Å². The van der Waals surface area contributed by atoms with Crippen LogP contribution in [0.1, 0.15) is 78.6 Å². The Labute approximate surface area is 140 Å². The van der Waals surface area contributed by atoms with Crippen molar-refractivity contribution in [2.24, 2.45) is 5.92 Å². The summed E-state index contributed by atoms with van der Waals surface area (Å²) in [5.74, 6) is 0.00201. The van der Waals surface area contributed by atoms with Crippen LogP contribution in [0.3, 0.4) is 0 Å². The molecule has 0 bridgehead atoms. The van der Waals surface area contributed by atoms with E-state index in [0.29, 0.717) is 12.3 Å². The highest BCUT2D eigenvalue weighted by Crippen LogP contribution is 2.25. The van der Waals surface area contributed by atoms with Crippen LogP contribution in [0, 0.1) is 5.92 Å². The molecule has 0 saturated heterocycles. The van der Waals surface area contributed by atoms with Gasteiger partial charge in [0.25, 0.3) is 5.91 Å². The fourth-order valence-corrected chi connectivity index (χ4v) is 3.09. The molecular formula is C19H33NO3. The van der Waals surface area contributed by atoms with Crippen molar-refractivity contribution in [3.63, 3.8) is 0 Å². The summed E-state index contributed by atoms with van der Waals surface area (Å²) in [5, 5.41) is 9.96.